The quantitative estimate of drug-likeness (QED) is 0.638. The zero-order valence-electron chi connectivity index (χ0n) is 8.25. The molecular formula is C10H19NO2. The van der Waals surface area contributed by atoms with Crippen LogP contribution in [0, 0.1) is 11.8 Å². The van der Waals surface area contributed by atoms with Gasteiger partial charge in [-0.1, -0.05) is 26.2 Å². The maximum atomic E-state index is 10.8. The molecule has 1 rings (SSSR count). The van der Waals surface area contributed by atoms with Gasteiger partial charge in [0.05, 0.1) is 5.92 Å². The fourth-order valence-electron chi connectivity index (χ4n) is 1.98. The highest BCUT2D eigenvalue weighted by molar-refractivity contribution is 5.71. The number of nitrogens with one attached hydrogen (secondary N) is 1. The summed E-state index contributed by atoms with van der Waals surface area (Å²) in [6.45, 7) is 3.72. The van der Waals surface area contributed by atoms with Crippen molar-refractivity contribution in [2.45, 2.75) is 32.6 Å². The van der Waals surface area contributed by atoms with E-state index < -0.39 is 5.97 Å². The molecular weight excluding hydrogens is 166 g/mol. The van der Waals surface area contributed by atoms with E-state index in [1.807, 2.05) is 0 Å². The van der Waals surface area contributed by atoms with Crippen LogP contribution in [0.4, 0.5) is 0 Å². The largest absolute Gasteiger partial charge is 0.481 e. The molecule has 76 valence electrons. The molecule has 0 unspecified atom stereocenters. The lowest BCUT2D eigenvalue weighted by atomic mass is 9.91. The molecule has 2 atom stereocenters. The number of hydrogen-bond acceptors (Lipinski definition) is 2. The van der Waals surface area contributed by atoms with E-state index in [1.54, 1.807) is 0 Å². The van der Waals surface area contributed by atoms with Crippen molar-refractivity contribution < 1.29 is 9.90 Å². The first-order chi connectivity index (χ1) is 6.25. The minimum Gasteiger partial charge on any atom is -0.481 e. The van der Waals surface area contributed by atoms with Crippen molar-refractivity contribution in [3.8, 4) is 0 Å². The molecule has 2 N–H and O–H groups in total. The van der Waals surface area contributed by atoms with Gasteiger partial charge in [0.25, 0.3) is 0 Å². The lowest BCUT2D eigenvalue weighted by Gasteiger charge is -2.13. The Morgan fingerprint density at radius 2 is 2.23 bits per heavy atom. The van der Waals surface area contributed by atoms with Gasteiger partial charge in [0.15, 0.2) is 0 Å². The van der Waals surface area contributed by atoms with Gasteiger partial charge in [0.2, 0.25) is 0 Å². The van der Waals surface area contributed by atoms with Crippen LogP contribution in [0.1, 0.15) is 32.6 Å². The van der Waals surface area contributed by atoms with Crippen LogP contribution >= 0.6 is 0 Å². The first kappa shape index (κ1) is 10.5. The second-order valence-corrected chi connectivity index (χ2v) is 3.86. The van der Waals surface area contributed by atoms with E-state index in [0.29, 0.717) is 12.5 Å². The van der Waals surface area contributed by atoms with Gasteiger partial charge in [0, 0.05) is 6.54 Å². The Hall–Kier alpha value is -0.570. The summed E-state index contributed by atoms with van der Waals surface area (Å²) < 4.78 is 0. The summed E-state index contributed by atoms with van der Waals surface area (Å²) in [5.41, 5.74) is 0. The molecule has 1 heterocycles. The lowest BCUT2D eigenvalue weighted by molar-refractivity contribution is -0.142. The second kappa shape index (κ2) is 5.22. The zero-order valence-corrected chi connectivity index (χ0v) is 8.25. The number of carboxylic acids is 1. The molecule has 1 saturated heterocycles. The molecule has 0 bridgehead atoms. The van der Waals surface area contributed by atoms with E-state index in [1.165, 1.54) is 19.3 Å². The van der Waals surface area contributed by atoms with Crippen LogP contribution in [0.5, 0.6) is 0 Å². The molecule has 1 fully saturated rings. The topological polar surface area (TPSA) is 49.3 Å². The smallest absolute Gasteiger partial charge is 0.308 e. The van der Waals surface area contributed by atoms with Crippen molar-refractivity contribution in [1.29, 1.82) is 0 Å². The Morgan fingerprint density at radius 3 is 2.85 bits per heavy atom. The Labute approximate surface area is 79.5 Å². The van der Waals surface area contributed by atoms with E-state index in [4.69, 9.17) is 5.11 Å². The average molecular weight is 185 g/mol. The first-order valence-corrected chi connectivity index (χ1v) is 5.19. The van der Waals surface area contributed by atoms with Gasteiger partial charge >= 0.3 is 5.97 Å². The summed E-state index contributed by atoms with van der Waals surface area (Å²) in [6, 6.07) is 0. The fourth-order valence-corrected chi connectivity index (χ4v) is 1.98. The van der Waals surface area contributed by atoms with Crippen LogP contribution in [0.15, 0.2) is 0 Å². The molecule has 0 amide bonds. The molecule has 0 aromatic rings. The monoisotopic (exact) mass is 185 g/mol. The maximum Gasteiger partial charge on any atom is 0.308 e. The molecule has 3 heteroatoms. The molecule has 13 heavy (non-hydrogen) atoms. The Bertz CT molecular complexity index is 170. The lowest BCUT2D eigenvalue weighted by Crippen LogP contribution is -2.22. The van der Waals surface area contributed by atoms with Gasteiger partial charge in [-0.05, 0) is 18.9 Å². The van der Waals surface area contributed by atoms with Crippen molar-refractivity contribution in [2.75, 3.05) is 13.1 Å². The Morgan fingerprint density at radius 1 is 1.46 bits per heavy atom. The molecule has 0 aromatic heterocycles. The van der Waals surface area contributed by atoms with Gasteiger partial charge in [0.1, 0.15) is 0 Å². The van der Waals surface area contributed by atoms with Gasteiger partial charge in [-0.25, -0.2) is 0 Å². The third kappa shape index (κ3) is 2.99. The van der Waals surface area contributed by atoms with E-state index in [2.05, 4.69) is 12.2 Å². The van der Waals surface area contributed by atoms with Gasteiger partial charge in [-0.15, -0.1) is 0 Å². The van der Waals surface area contributed by atoms with Crippen LogP contribution in [-0.4, -0.2) is 24.2 Å². The van der Waals surface area contributed by atoms with Crippen molar-refractivity contribution in [2.24, 2.45) is 11.8 Å². The maximum absolute atomic E-state index is 10.8. The summed E-state index contributed by atoms with van der Waals surface area (Å²) in [5.74, 6) is -0.410. The Kier molecular flexibility index (Phi) is 4.22. The van der Waals surface area contributed by atoms with Crippen molar-refractivity contribution >= 4 is 5.97 Å². The second-order valence-electron chi connectivity index (χ2n) is 3.86. The highest BCUT2D eigenvalue weighted by atomic mass is 16.4. The van der Waals surface area contributed by atoms with E-state index >= 15 is 0 Å². The summed E-state index contributed by atoms with van der Waals surface area (Å²) >= 11 is 0. The molecule has 0 aliphatic carbocycles. The van der Waals surface area contributed by atoms with E-state index in [-0.39, 0.29) is 5.92 Å². The molecule has 0 saturated carbocycles. The fraction of sp³-hybridized carbons (Fsp3) is 0.900. The molecule has 1 aliphatic rings. The van der Waals surface area contributed by atoms with E-state index in [0.717, 1.165) is 13.0 Å². The predicted octanol–water partition coefficient (Wildman–Crippen LogP) is 1.49. The number of rotatable bonds is 5. The number of hydrogen-bond donors (Lipinski definition) is 2. The van der Waals surface area contributed by atoms with Gasteiger partial charge in [-0.3, -0.25) is 4.79 Å². The molecule has 0 aromatic carbocycles. The summed E-state index contributed by atoms with van der Waals surface area (Å²) in [7, 11) is 0. The number of aliphatic carboxylic acids is 1. The van der Waals surface area contributed by atoms with Crippen LogP contribution in [0.25, 0.3) is 0 Å². The van der Waals surface area contributed by atoms with Crippen LogP contribution in [0.2, 0.25) is 0 Å². The highest BCUT2D eigenvalue weighted by Gasteiger charge is 2.31. The van der Waals surface area contributed by atoms with Crippen molar-refractivity contribution in [3.05, 3.63) is 0 Å². The van der Waals surface area contributed by atoms with Crippen LogP contribution < -0.4 is 5.32 Å². The van der Waals surface area contributed by atoms with Crippen LogP contribution in [-0.2, 0) is 4.79 Å². The van der Waals surface area contributed by atoms with E-state index in [9.17, 15) is 4.79 Å². The third-order valence-corrected chi connectivity index (χ3v) is 2.84. The normalized spacial score (nSPS) is 27.8. The number of carboxylic acid groups (broad SMARTS) is 1. The number of unbranched alkanes of at least 4 members (excludes halogenated alkanes) is 2. The molecule has 1 aliphatic heterocycles. The average Bonchev–Trinajstić information content (AvgIpc) is 2.53. The summed E-state index contributed by atoms with van der Waals surface area (Å²) in [5, 5.41) is 12.1. The first-order valence-electron chi connectivity index (χ1n) is 5.19. The molecule has 3 nitrogen and oxygen atoms in total. The minimum atomic E-state index is -0.633. The standard InChI is InChI=1S/C10H19NO2/c1-2-3-4-5-8-6-11-7-9(8)10(12)13/h8-9,11H,2-7H2,1H3,(H,12,13)/t8-,9-/m0/s1. The summed E-state index contributed by atoms with van der Waals surface area (Å²) in [4.78, 5) is 10.8. The predicted molar refractivity (Wildman–Crippen MR) is 51.6 cm³/mol. The number of carbonyl (C=O) groups is 1. The highest BCUT2D eigenvalue weighted by Crippen LogP contribution is 2.22. The van der Waals surface area contributed by atoms with Crippen molar-refractivity contribution in [3.63, 3.8) is 0 Å². The SMILES string of the molecule is CCCCC[C@H]1CNC[C@@H]1C(=O)O. The molecule has 0 spiro atoms. The van der Waals surface area contributed by atoms with Crippen LogP contribution in [0.3, 0.4) is 0 Å². The minimum absolute atomic E-state index is 0.142. The molecule has 0 radical (unpaired) electrons. The third-order valence-electron chi connectivity index (χ3n) is 2.84. The van der Waals surface area contributed by atoms with Gasteiger partial charge < -0.3 is 10.4 Å². The zero-order chi connectivity index (χ0) is 9.68. The summed E-state index contributed by atoms with van der Waals surface area (Å²) in [6.07, 6.45) is 4.67. The Balaban J connectivity index is 2.27. The van der Waals surface area contributed by atoms with Gasteiger partial charge in [-0.2, -0.15) is 0 Å². The van der Waals surface area contributed by atoms with Crippen molar-refractivity contribution in [1.82, 2.24) is 5.32 Å².